The van der Waals surface area contributed by atoms with E-state index in [1.807, 2.05) is 48.5 Å². The zero-order valence-corrected chi connectivity index (χ0v) is 16.3. The van der Waals surface area contributed by atoms with E-state index in [2.05, 4.69) is 17.3 Å². The number of imide groups is 1. The van der Waals surface area contributed by atoms with Crippen LogP contribution in [0.4, 0.5) is 0 Å². The van der Waals surface area contributed by atoms with Crippen LogP contribution < -0.4 is 4.74 Å². The minimum Gasteiger partial charge on any atom is -0.488 e. The predicted octanol–water partition coefficient (Wildman–Crippen LogP) is 4.06. The van der Waals surface area contributed by atoms with Crippen molar-refractivity contribution in [2.24, 2.45) is 28.8 Å². The topological polar surface area (TPSA) is 59.0 Å². The molecule has 2 aromatic rings. The first-order valence-corrected chi connectivity index (χ1v) is 10.1. The number of nitrogens with zero attached hydrogens (tertiary/aromatic N) is 2. The Bertz CT molecular complexity index is 1020. The maximum Gasteiger partial charge on any atom is 0.254 e. The van der Waals surface area contributed by atoms with Crippen LogP contribution in [-0.2, 0) is 16.2 Å². The van der Waals surface area contributed by atoms with E-state index in [-0.39, 0.29) is 35.5 Å². The first-order chi connectivity index (χ1) is 14.1. The number of hydrogen-bond donors (Lipinski definition) is 0. The van der Waals surface area contributed by atoms with Crippen molar-refractivity contribution in [3.8, 4) is 5.75 Å². The zero-order chi connectivity index (χ0) is 20.0. The molecule has 1 aliphatic heterocycles. The molecule has 0 spiro atoms. The molecule has 3 aliphatic rings. The Hall–Kier alpha value is -2.92. The molecular weight excluding hydrogens is 388 g/mol. The molecule has 2 amide bonds. The fourth-order valence-corrected chi connectivity index (χ4v) is 4.84. The Morgan fingerprint density at radius 1 is 1.03 bits per heavy atom. The molecule has 5 nitrogen and oxygen atoms in total. The molecular formula is C23H19ClN2O3. The number of ether oxygens (including phenoxy) is 1. The molecule has 0 N–H and O–H groups in total. The largest absolute Gasteiger partial charge is 0.488 e. The summed E-state index contributed by atoms with van der Waals surface area (Å²) in [5, 5.41) is 5.95. The lowest BCUT2D eigenvalue weighted by atomic mass is 9.85. The van der Waals surface area contributed by atoms with Gasteiger partial charge in [0, 0.05) is 10.6 Å². The number of hydrazone groups is 1. The normalized spacial score (nSPS) is 27.3. The highest BCUT2D eigenvalue weighted by atomic mass is 35.5. The highest BCUT2D eigenvalue weighted by molar-refractivity contribution is 6.30. The number of allylic oxidation sites excluding steroid dienone is 2. The number of halogens is 1. The van der Waals surface area contributed by atoms with Crippen LogP contribution in [0.15, 0.2) is 65.8 Å². The fourth-order valence-electron chi connectivity index (χ4n) is 4.63. The van der Waals surface area contributed by atoms with Crippen LogP contribution in [0, 0.1) is 23.7 Å². The maximum atomic E-state index is 12.7. The summed E-state index contributed by atoms with van der Waals surface area (Å²) in [5.74, 6) is 0.103. The number of rotatable bonds is 5. The number of amides is 2. The zero-order valence-electron chi connectivity index (χ0n) is 15.6. The number of benzene rings is 2. The summed E-state index contributed by atoms with van der Waals surface area (Å²) in [7, 11) is 0. The van der Waals surface area contributed by atoms with Crippen LogP contribution >= 0.6 is 11.6 Å². The lowest BCUT2D eigenvalue weighted by molar-refractivity contribution is -0.140. The third-order valence-corrected chi connectivity index (χ3v) is 6.20. The van der Waals surface area contributed by atoms with Gasteiger partial charge in [0.05, 0.1) is 18.1 Å². The van der Waals surface area contributed by atoms with E-state index in [0.29, 0.717) is 22.9 Å². The standard InChI is InChI=1S/C23H19ClN2O3/c24-18-6-3-4-14(10-18)13-29-19-7-2-1-5-17(19)12-25-26-22(27)20-15-8-9-16(11-15)21(20)23(26)28/h1-10,12,15-16,20-21H,11,13H2/b25-12-/t15-,16-,20-,21+/m1/s1. The van der Waals surface area contributed by atoms with Crippen molar-refractivity contribution in [2.75, 3.05) is 0 Å². The van der Waals surface area contributed by atoms with Crippen molar-refractivity contribution in [3.63, 3.8) is 0 Å². The van der Waals surface area contributed by atoms with Crippen LogP contribution in [0.2, 0.25) is 5.02 Å². The molecule has 1 saturated heterocycles. The number of fused-ring (bicyclic) bond motifs is 5. The third kappa shape index (κ3) is 3.15. The molecule has 0 aromatic heterocycles. The molecule has 2 fully saturated rings. The molecule has 2 aromatic carbocycles. The summed E-state index contributed by atoms with van der Waals surface area (Å²) >= 11 is 6.02. The van der Waals surface area contributed by atoms with E-state index in [1.165, 1.54) is 6.21 Å². The quantitative estimate of drug-likeness (QED) is 0.427. The second-order valence-corrected chi connectivity index (χ2v) is 8.13. The first-order valence-electron chi connectivity index (χ1n) is 9.68. The van der Waals surface area contributed by atoms with Gasteiger partial charge in [0.15, 0.2) is 0 Å². The van der Waals surface area contributed by atoms with Gasteiger partial charge in [0.2, 0.25) is 0 Å². The number of carbonyl (C=O) groups excluding carboxylic acids is 2. The Balaban J connectivity index is 1.33. The number of carbonyl (C=O) groups is 2. The number of para-hydroxylation sites is 1. The molecule has 1 heterocycles. The summed E-state index contributed by atoms with van der Waals surface area (Å²) in [4.78, 5) is 25.5. The monoisotopic (exact) mass is 406 g/mol. The first kappa shape index (κ1) is 18.1. The lowest BCUT2D eigenvalue weighted by Crippen LogP contribution is -2.28. The van der Waals surface area contributed by atoms with Crippen LogP contribution in [0.25, 0.3) is 0 Å². The van der Waals surface area contributed by atoms with Gasteiger partial charge in [0.1, 0.15) is 12.4 Å². The van der Waals surface area contributed by atoms with E-state index in [9.17, 15) is 9.59 Å². The highest BCUT2D eigenvalue weighted by Crippen LogP contribution is 2.52. The Labute approximate surface area is 173 Å². The second-order valence-electron chi connectivity index (χ2n) is 7.69. The lowest BCUT2D eigenvalue weighted by Gasteiger charge is -2.13. The fraction of sp³-hybridized carbons (Fsp3) is 0.261. The SMILES string of the molecule is O=C1[C@@H]2[C@H](C(=O)N1/N=C\c1ccccc1OCc1cccc(Cl)c1)[C@@H]1C=C[C@@H]2C1. The molecule has 4 atom stereocenters. The molecule has 29 heavy (non-hydrogen) atoms. The summed E-state index contributed by atoms with van der Waals surface area (Å²) < 4.78 is 5.92. The average Bonchev–Trinajstić information content (AvgIpc) is 3.40. The molecule has 0 radical (unpaired) electrons. The van der Waals surface area contributed by atoms with Crippen molar-refractivity contribution in [1.82, 2.24) is 5.01 Å². The smallest absolute Gasteiger partial charge is 0.254 e. The highest BCUT2D eigenvalue weighted by Gasteiger charge is 2.59. The van der Waals surface area contributed by atoms with Gasteiger partial charge in [-0.15, -0.1) is 0 Å². The Morgan fingerprint density at radius 3 is 2.48 bits per heavy atom. The van der Waals surface area contributed by atoms with E-state index in [1.54, 1.807) is 0 Å². The molecule has 1 saturated carbocycles. The van der Waals surface area contributed by atoms with Gasteiger partial charge in [-0.25, -0.2) is 0 Å². The molecule has 146 valence electrons. The van der Waals surface area contributed by atoms with Gasteiger partial charge in [0.25, 0.3) is 11.8 Å². The van der Waals surface area contributed by atoms with Gasteiger partial charge in [-0.05, 0) is 48.1 Å². The molecule has 2 aliphatic carbocycles. The minimum absolute atomic E-state index is 0.176. The van der Waals surface area contributed by atoms with Crippen molar-refractivity contribution in [2.45, 2.75) is 13.0 Å². The van der Waals surface area contributed by atoms with E-state index >= 15 is 0 Å². The van der Waals surface area contributed by atoms with Crippen LogP contribution in [0.1, 0.15) is 17.5 Å². The van der Waals surface area contributed by atoms with Gasteiger partial charge in [-0.3, -0.25) is 9.59 Å². The van der Waals surface area contributed by atoms with Gasteiger partial charge in [-0.1, -0.05) is 48.0 Å². The molecule has 0 unspecified atom stereocenters. The average molecular weight is 407 g/mol. The summed E-state index contributed by atoms with van der Waals surface area (Å²) in [6.07, 6.45) is 6.58. The minimum atomic E-state index is -0.246. The van der Waals surface area contributed by atoms with E-state index < -0.39 is 0 Å². The predicted molar refractivity (Wildman–Crippen MR) is 109 cm³/mol. The van der Waals surface area contributed by atoms with Crippen LogP contribution in [0.5, 0.6) is 5.75 Å². The molecule has 6 heteroatoms. The Kier molecular flexibility index (Phi) is 4.47. The summed E-state index contributed by atoms with van der Waals surface area (Å²) in [6.45, 7) is 0.353. The molecule has 2 bridgehead atoms. The maximum absolute atomic E-state index is 12.7. The van der Waals surface area contributed by atoms with Crippen molar-refractivity contribution in [3.05, 3.63) is 76.8 Å². The Morgan fingerprint density at radius 2 is 1.76 bits per heavy atom. The van der Waals surface area contributed by atoms with Crippen molar-refractivity contribution in [1.29, 1.82) is 0 Å². The van der Waals surface area contributed by atoms with E-state index in [0.717, 1.165) is 17.0 Å². The van der Waals surface area contributed by atoms with Crippen molar-refractivity contribution < 1.29 is 14.3 Å². The van der Waals surface area contributed by atoms with Crippen LogP contribution in [0.3, 0.4) is 0 Å². The van der Waals surface area contributed by atoms with Crippen LogP contribution in [-0.4, -0.2) is 23.0 Å². The van der Waals surface area contributed by atoms with Gasteiger partial charge in [-0.2, -0.15) is 10.1 Å². The van der Waals surface area contributed by atoms with Gasteiger partial charge < -0.3 is 4.74 Å². The molecule has 5 rings (SSSR count). The van der Waals surface area contributed by atoms with Gasteiger partial charge >= 0.3 is 0 Å². The summed E-state index contributed by atoms with van der Waals surface area (Å²) in [6, 6.07) is 14.9. The van der Waals surface area contributed by atoms with Crippen molar-refractivity contribution >= 4 is 29.6 Å². The summed E-state index contributed by atoms with van der Waals surface area (Å²) in [5.41, 5.74) is 1.65. The third-order valence-electron chi connectivity index (χ3n) is 5.96. The second kappa shape index (κ2) is 7.16. The van der Waals surface area contributed by atoms with E-state index in [4.69, 9.17) is 16.3 Å². The number of hydrogen-bond acceptors (Lipinski definition) is 4.